The van der Waals surface area contributed by atoms with E-state index in [9.17, 15) is 0 Å². The molecule has 0 saturated carbocycles. The molecule has 0 N–H and O–H groups in total. The maximum Gasteiger partial charge on any atom is 0.245 e. The minimum absolute atomic E-state index is 0.639. The van der Waals surface area contributed by atoms with E-state index in [-0.39, 0.29) is 0 Å². The molecule has 6 heteroatoms. The van der Waals surface area contributed by atoms with Crippen LogP contribution < -0.4 is 0 Å². The fraction of sp³-hybridized carbons (Fsp3) is 0.600. The summed E-state index contributed by atoms with van der Waals surface area (Å²) in [5.41, 5.74) is 0. The van der Waals surface area contributed by atoms with Crippen LogP contribution in [0.2, 0.25) is 13.1 Å². The van der Waals surface area contributed by atoms with Crippen molar-refractivity contribution in [2.75, 3.05) is 0 Å². The summed E-state index contributed by atoms with van der Waals surface area (Å²) < 4.78 is 0. The van der Waals surface area contributed by atoms with E-state index in [2.05, 4.69) is 6.58 Å². The minimum Gasteiger partial charge on any atom is -0.155 e. The molecule has 0 heterocycles. The molecule has 0 aromatic heterocycles. The molecular weight excluding hydrogens is 258 g/mol. The predicted octanol–water partition coefficient (Wildman–Crippen LogP) is 3.82. The number of halogens is 4. The molecule has 0 unspecified atom stereocenters. The highest BCUT2D eigenvalue weighted by molar-refractivity contribution is 7.44. The summed E-state index contributed by atoms with van der Waals surface area (Å²) in [6, 6.07) is 0. The highest BCUT2D eigenvalue weighted by Crippen LogP contribution is 2.10. The van der Waals surface area contributed by atoms with Crippen LogP contribution in [0.5, 0.6) is 0 Å². The lowest BCUT2D eigenvalue weighted by Crippen LogP contribution is -2.02. The first kappa shape index (κ1) is 18.2. The van der Waals surface area contributed by atoms with Crippen LogP contribution >= 0.6 is 44.3 Å². The molecule has 11 heavy (non-hydrogen) atoms. The summed E-state index contributed by atoms with van der Waals surface area (Å²) in [5.74, 6) is 0. The Kier molecular flexibility index (Phi) is 23.0. The molecular formula is C5H14Cl4Si2. The minimum atomic E-state index is -1.67. The van der Waals surface area contributed by atoms with E-state index in [1.807, 2.05) is 20.0 Å². The van der Waals surface area contributed by atoms with E-state index in [4.69, 9.17) is 44.3 Å². The molecule has 0 rings (SSSR count). The van der Waals surface area contributed by atoms with Gasteiger partial charge < -0.3 is 0 Å². The Morgan fingerprint density at radius 3 is 1.27 bits per heavy atom. The van der Waals surface area contributed by atoms with Gasteiger partial charge in [-0.05, 0) is 20.0 Å². The van der Waals surface area contributed by atoms with Gasteiger partial charge in [0.2, 0.25) is 14.8 Å². The molecule has 0 saturated heterocycles. The van der Waals surface area contributed by atoms with Crippen molar-refractivity contribution >= 4 is 59.1 Å². The Balaban J connectivity index is -0.0000000933. The molecule has 0 aromatic rings. The fourth-order valence-corrected chi connectivity index (χ4v) is 0. The molecule has 0 aliphatic heterocycles. The Morgan fingerprint density at radius 1 is 1.27 bits per heavy atom. The van der Waals surface area contributed by atoms with Crippen molar-refractivity contribution in [1.29, 1.82) is 0 Å². The normalized spacial score (nSPS) is 8.27. The molecule has 0 amide bonds. The Labute approximate surface area is 91.5 Å². The summed E-state index contributed by atoms with van der Waals surface area (Å²) in [6.45, 7) is 7.30. The lowest BCUT2D eigenvalue weighted by molar-refractivity contribution is 1.80. The lowest BCUT2D eigenvalue weighted by Gasteiger charge is -1.93. The number of hydrogen-bond donors (Lipinski definition) is 0. The first-order valence-electron chi connectivity index (χ1n) is 2.90. The SMILES string of the molecule is C=CC.C[Si](C)(Cl)Cl.Cl[SiH2]Cl. The number of allylic oxidation sites excluding steroid dienone is 1. The van der Waals surface area contributed by atoms with Gasteiger partial charge in [-0.3, -0.25) is 0 Å². The summed E-state index contributed by atoms with van der Waals surface area (Å²) in [5, 5.41) is 0. The molecule has 0 aliphatic rings. The quantitative estimate of drug-likeness (QED) is 0.357. The van der Waals surface area contributed by atoms with Gasteiger partial charge in [0.1, 0.15) is 0 Å². The van der Waals surface area contributed by atoms with Crippen molar-refractivity contribution in [2.24, 2.45) is 0 Å². The van der Waals surface area contributed by atoms with Crippen molar-refractivity contribution in [1.82, 2.24) is 0 Å². The molecule has 0 bridgehead atoms. The van der Waals surface area contributed by atoms with Gasteiger partial charge >= 0.3 is 0 Å². The van der Waals surface area contributed by atoms with Crippen LogP contribution in [0.4, 0.5) is 0 Å². The molecule has 0 spiro atoms. The van der Waals surface area contributed by atoms with Gasteiger partial charge in [-0.1, -0.05) is 6.08 Å². The summed E-state index contributed by atoms with van der Waals surface area (Å²) in [4.78, 5) is 0. The number of rotatable bonds is 0. The van der Waals surface area contributed by atoms with Crippen LogP contribution in [0.3, 0.4) is 0 Å². The van der Waals surface area contributed by atoms with Crippen LogP contribution in [0, 0.1) is 0 Å². The van der Waals surface area contributed by atoms with Gasteiger partial charge in [-0.2, -0.15) is 22.2 Å². The summed E-state index contributed by atoms with van der Waals surface area (Å²) in [6.07, 6.45) is 1.75. The van der Waals surface area contributed by atoms with Crippen molar-refractivity contribution in [3.05, 3.63) is 12.7 Å². The maximum absolute atomic E-state index is 5.43. The van der Waals surface area contributed by atoms with Gasteiger partial charge in [0.05, 0.1) is 0 Å². The zero-order chi connectivity index (χ0) is 9.91. The second-order valence-corrected chi connectivity index (χ2v) is 13.4. The second-order valence-electron chi connectivity index (χ2n) is 1.84. The molecule has 0 aromatic carbocycles. The largest absolute Gasteiger partial charge is 0.245 e. The van der Waals surface area contributed by atoms with Crippen molar-refractivity contribution in [2.45, 2.75) is 20.0 Å². The van der Waals surface area contributed by atoms with Crippen LogP contribution in [-0.2, 0) is 0 Å². The van der Waals surface area contributed by atoms with E-state index in [1.165, 1.54) is 0 Å². The van der Waals surface area contributed by atoms with Gasteiger partial charge in [0, 0.05) is 0 Å². The summed E-state index contributed by atoms with van der Waals surface area (Å²) >= 11 is 20.7. The average Bonchev–Trinajstić information content (AvgIpc) is 1.62. The highest BCUT2D eigenvalue weighted by atomic mass is 35.7. The van der Waals surface area contributed by atoms with Gasteiger partial charge in [-0.25, -0.2) is 0 Å². The van der Waals surface area contributed by atoms with Crippen LogP contribution in [0.15, 0.2) is 12.7 Å². The van der Waals surface area contributed by atoms with E-state index in [1.54, 1.807) is 6.08 Å². The molecule has 0 aliphatic carbocycles. The first-order valence-corrected chi connectivity index (χ1v) is 12.2. The smallest absolute Gasteiger partial charge is 0.155 e. The maximum atomic E-state index is 5.43. The molecule has 0 atom stereocenters. The third-order valence-electron chi connectivity index (χ3n) is 0. The van der Waals surface area contributed by atoms with Gasteiger partial charge in [0.15, 0.2) is 0 Å². The predicted molar refractivity (Wildman–Crippen MR) is 65.3 cm³/mol. The van der Waals surface area contributed by atoms with Crippen LogP contribution in [-0.4, -0.2) is 14.8 Å². The Bertz CT molecular complexity index is 65.4. The standard InChI is InChI=1S/C3H6.C2H6Cl2Si.Cl2H2Si/c1-3-2;1-5(2,3)4;1-3-2/h3H,1H2,2H3;1-2H3;3H2. The van der Waals surface area contributed by atoms with E-state index in [0.717, 1.165) is 0 Å². The van der Waals surface area contributed by atoms with Gasteiger partial charge in [0.25, 0.3) is 0 Å². The Morgan fingerprint density at radius 2 is 1.27 bits per heavy atom. The molecule has 70 valence electrons. The zero-order valence-corrected chi connectivity index (χ0v) is 12.4. The van der Waals surface area contributed by atoms with Crippen molar-refractivity contribution < 1.29 is 0 Å². The van der Waals surface area contributed by atoms with Crippen LogP contribution in [0.1, 0.15) is 6.92 Å². The third kappa shape index (κ3) is 555. The molecule has 0 nitrogen and oxygen atoms in total. The lowest BCUT2D eigenvalue weighted by atomic mass is 10.8. The van der Waals surface area contributed by atoms with E-state index < -0.39 is 14.8 Å². The monoisotopic (exact) mass is 270 g/mol. The average molecular weight is 272 g/mol. The van der Waals surface area contributed by atoms with Crippen LogP contribution in [0.25, 0.3) is 0 Å². The Hall–Kier alpha value is 1.33. The molecule has 0 radical (unpaired) electrons. The fourth-order valence-electron chi connectivity index (χ4n) is 0. The van der Waals surface area contributed by atoms with Crippen molar-refractivity contribution in [3.8, 4) is 0 Å². The van der Waals surface area contributed by atoms with E-state index in [0.29, 0.717) is 0 Å². The summed E-state index contributed by atoms with van der Waals surface area (Å²) in [7, 11) is -0.639. The zero-order valence-electron chi connectivity index (χ0n) is 7.00. The van der Waals surface area contributed by atoms with E-state index >= 15 is 0 Å². The molecule has 0 fully saturated rings. The second kappa shape index (κ2) is 13.9. The first-order chi connectivity index (χ1) is 4.83. The highest BCUT2D eigenvalue weighted by Gasteiger charge is 2.08. The number of hydrogen-bond acceptors (Lipinski definition) is 0. The van der Waals surface area contributed by atoms with Gasteiger partial charge in [-0.15, -0.1) is 28.7 Å². The van der Waals surface area contributed by atoms with Crippen molar-refractivity contribution in [3.63, 3.8) is 0 Å². The third-order valence-corrected chi connectivity index (χ3v) is 0. The topological polar surface area (TPSA) is 0 Å².